The maximum Gasteiger partial charge on any atom is 0.252 e. The van der Waals surface area contributed by atoms with Crippen molar-refractivity contribution in [2.75, 3.05) is 6.26 Å². The van der Waals surface area contributed by atoms with Crippen LogP contribution in [0.5, 0.6) is 0 Å². The fraction of sp³-hybridized carbons (Fsp3) is 0.500. The zero-order valence-electron chi connectivity index (χ0n) is 10.8. The fourth-order valence-electron chi connectivity index (χ4n) is 2.43. The molecule has 1 aromatic carbocycles. The van der Waals surface area contributed by atoms with Crippen molar-refractivity contribution in [3.8, 4) is 0 Å². The second-order valence-corrected chi connectivity index (χ2v) is 6.73. The summed E-state index contributed by atoms with van der Waals surface area (Å²) in [4.78, 5) is 12.2. The minimum Gasteiger partial charge on any atom is -0.349 e. The van der Waals surface area contributed by atoms with Crippen LogP contribution in [-0.2, 0) is 0 Å². The van der Waals surface area contributed by atoms with Crippen molar-refractivity contribution in [1.82, 2.24) is 5.32 Å². The Hall–Kier alpha value is -0.550. The van der Waals surface area contributed by atoms with Gasteiger partial charge in [0.05, 0.1) is 10.0 Å². The highest BCUT2D eigenvalue weighted by Crippen LogP contribution is 2.27. The normalized spacial score (nSPS) is 23.1. The Labute approximate surface area is 125 Å². The summed E-state index contributed by atoms with van der Waals surface area (Å²) >= 11 is 4.99. The lowest BCUT2D eigenvalue weighted by molar-refractivity contribution is 0.0927. The molecule has 5 heteroatoms. The van der Waals surface area contributed by atoms with Crippen LogP contribution in [0.2, 0.25) is 0 Å². The molecule has 0 saturated heterocycles. The first kappa shape index (κ1) is 14.9. The lowest BCUT2D eigenvalue weighted by Crippen LogP contribution is -2.39. The van der Waals surface area contributed by atoms with Crippen molar-refractivity contribution in [2.45, 2.75) is 37.0 Å². The Balaban J connectivity index is 2.02. The first-order valence-electron chi connectivity index (χ1n) is 6.39. The number of amides is 1. The number of hydrogen-bond acceptors (Lipinski definition) is 2. The van der Waals surface area contributed by atoms with E-state index in [9.17, 15) is 9.18 Å². The van der Waals surface area contributed by atoms with E-state index in [0.717, 1.165) is 19.3 Å². The maximum absolute atomic E-state index is 13.4. The number of rotatable bonds is 3. The summed E-state index contributed by atoms with van der Waals surface area (Å²) in [5.74, 6) is -0.601. The van der Waals surface area contributed by atoms with E-state index in [1.165, 1.54) is 12.5 Å². The van der Waals surface area contributed by atoms with Gasteiger partial charge in [-0.15, -0.1) is 0 Å². The second kappa shape index (κ2) is 6.75. The predicted molar refractivity (Wildman–Crippen MR) is 81.1 cm³/mol. The zero-order chi connectivity index (χ0) is 13.8. The minimum atomic E-state index is -0.404. The quantitative estimate of drug-likeness (QED) is 0.897. The van der Waals surface area contributed by atoms with Gasteiger partial charge >= 0.3 is 0 Å². The van der Waals surface area contributed by atoms with E-state index in [4.69, 9.17) is 0 Å². The highest BCUT2D eigenvalue weighted by molar-refractivity contribution is 9.10. The Kier molecular flexibility index (Phi) is 5.28. The number of nitrogens with one attached hydrogen (secondary N) is 1. The lowest BCUT2D eigenvalue weighted by atomic mass is 9.94. The summed E-state index contributed by atoms with van der Waals surface area (Å²) in [5.41, 5.74) is 0.367. The van der Waals surface area contributed by atoms with Gasteiger partial charge in [0, 0.05) is 11.3 Å². The third kappa shape index (κ3) is 3.72. The van der Waals surface area contributed by atoms with Crippen LogP contribution in [0.3, 0.4) is 0 Å². The number of hydrogen-bond donors (Lipinski definition) is 1. The van der Waals surface area contributed by atoms with Gasteiger partial charge in [-0.25, -0.2) is 4.39 Å². The summed E-state index contributed by atoms with van der Waals surface area (Å²) in [5, 5.41) is 3.64. The van der Waals surface area contributed by atoms with Crippen molar-refractivity contribution < 1.29 is 9.18 Å². The van der Waals surface area contributed by atoms with Crippen molar-refractivity contribution >= 4 is 33.6 Å². The molecule has 0 heterocycles. The molecule has 19 heavy (non-hydrogen) atoms. The minimum absolute atomic E-state index is 0.196. The molecule has 1 saturated carbocycles. The van der Waals surface area contributed by atoms with Gasteiger partial charge < -0.3 is 5.32 Å². The van der Waals surface area contributed by atoms with E-state index in [1.54, 1.807) is 12.1 Å². The van der Waals surface area contributed by atoms with Gasteiger partial charge in [0.1, 0.15) is 5.82 Å². The second-order valence-electron chi connectivity index (χ2n) is 4.80. The molecule has 2 unspecified atom stereocenters. The lowest BCUT2D eigenvalue weighted by Gasteiger charge is -2.28. The fourth-order valence-corrected chi connectivity index (χ4v) is 3.70. The largest absolute Gasteiger partial charge is 0.349 e. The number of benzene rings is 1. The van der Waals surface area contributed by atoms with Gasteiger partial charge in [-0.2, -0.15) is 11.8 Å². The Morgan fingerprint density at radius 2 is 2.26 bits per heavy atom. The van der Waals surface area contributed by atoms with Crippen LogP contribution in [0, 0.1) is 5.82 Å². The van der Waals surface area contributed by atoms with Gasteiger partial charge in [-0.05, 0) is 53.6 Å². The van der Waals surface area contributed by atoms with Crippen molar-refractivity contribution in [3.63, 3.8) is 0 Å². The van der Waals surface area contributed by atoms with E-state index in [2.05, 4.69) is 27.5 Å². The zero-order valence-corrected chi connectivity index (χ0v) is 13.2. The summed E-state index contributed by atoms with van der Waals surface area (Å²) in [7, 11) is 0. The van der Waals surface area contributed by atoms with Crippen LogP contribution in [0.4, 0.5) is 4.39 Å². The molecule has 1 amide bonds. The van der Waals surface area contributed by atoms with Crippen LogP contribution >= 0.6 is 27.7 Å². The van der Waals surface area contributed by atoms with E-state index in [1.807, 2.05) is 11.8 Å². The average molecular weight is 346 g/mol. The van der Waals surface area contributed by atoms with Crippen molar-refractivity contribution in [3.05, 3.63) is 34.1 Å². The van der Waals surface area contributed by atoms with E-state index in [-0.39, 0.29) is 16.4 Å². The summed E-state index contributed by atoms with van der Waals surface area (Å²) in [6.45, 7) is 0. The molecule has 0 spiro atoms. The van der Waals surface area contributed by atoms with Gasteiger partial charge in [0.15, 0.2) is 0 Å². The highest BCUT2D eigenvalue weighted by Gasteiger charge is 2.23. The van der Waals surface area contributed by atoms with Crippen LogP contribution < -0.4 is 5.32 Å². The SMILES string of the molecule is CSC1CCCC(NC(=O)c2cccc(F)c2Br)C1. The van der Waals surface area contributed by atoms with Gasteiger partial charge in [0.2, 0.25) is 0 Å². The molecule has 0 radical (unpaired) electrons. The Morgan fingerprint density at radius 1 is 1.47 bits per heavy atom. The molecule has 2 rings (SSSR count). The van der Waals surface area contributed by atoms with Crippen molar-refractivity contribution in [2.24, 2.45) is 0 Å². The molecule has 0 aromatic heterocycles. The molecule has 2 atom stereocenters. The first-order valence-corrected chi connectivity index (χ1v) is 8.47. The smallest absolute Gasteiger partial charge is 0.252 e. The van der Waals surface area contributed by atoms with Gasteiger partial charge in [0.25, 0.3) is 5.91 Å². The molecule has 104 valence electrons. The molecule has 1 aliphatic rings. The molecule has 1 aromatic rings. The molecule has 1 fully saturated rings. The summed E-state index contributed by atoms with van der Waals surface area (Å²) in [6.07, 6.45) is 6.48. The third-order valence-electron chi connectivity index (χ3n) is 3.49. The van der Waals surface area contributed by atoms with Gasteiger partial charge in [-0.1, -0.05) is 12.5 Å². The number of carbonyl (C=O) groups is 1. The summed E-state index contributed by atoms with van der Waals surface area (Å²) in [6, 6.07) is 4.73. The van der Waals surface area contributed by atoms with Crippen LogP contribution in [-0.4, -0.2) is 23.5 Å². The molecule has 1 aliphatic carbocycles. The standard InChI is InChI=1S/C14H17BrFNOS/c1-19-10-5-2-4-9(8-10)17-14(18)11-6-3-7-12(16)13(11)15/h3,6-7,9-10H,2,4-5,8H2,1H3,(H,17,18). The monoisotopic (exact) mass is 345 g/mol. The molecule has 2 nitrogen and oxygen atoms in total. The van der Waals surface area contributed by atoms with Crippen molar-refractivity contribution in [1.29, 1.82) is 0 Å². The summed E-state index contributed by atoms with van der Waals surface area (Å²) < 4.78 is 13.6. The Bertz CT molecular complexity index is 469. The van der Waals surface area contributed by atoms with E-state index in [0.29, 0.717) is 10.8 Å². The van der Waals surface area contributed by atoms with Gasteiger partial charge in [-0.3, -0.25) is 4.79 Å². The van der Waals surface area contributed by atoms with Crippen LogP contribution in [0.15, 0.2) is 22.7 Å². The first-order chi connectivity index (χ1) is 9.11. The van der Waals surface area contributed by atoms with Crippen LogP contribution in [0.25, 0.3) is 0 Å². The third-order valence-corrected chi connectivity index (χ3v) is 5.39. The van der Waals surface area contributed by atoms with Crippen LogP contribution in [0.1, 0.15) is 36.0 Å². The average Bonchev–Trinajstić information content (AvgIpc) is 2.42. The molecular weight excluding hydrogens is 329 g/mol. The highest BCUT2D eigenvalue weighted by atomic mass is 79.9. The number of halogens is 2. The van der Waals surface area contributed by atoms with E-state index < -0.39 is 5.82 Å². The predicted octanol–water partition coefficient (Wildman–Crippen LogP) is 3.99. The Morgan fingerprint density at radius 3 is 3.00 bits per heavy atom. The molecule has 1 N–H and O–H groups in total. The molecular formula is C14H17BrFNOS. The maximum atomic E-state index is 13.4. The number of thioether (sulfide) groups is 1. The topological polar surface area (TPSA) is 29.1 Å². The number of carbonyl (C=O) groups excluding carboxylic acids is 1. The molecule has 0 bridgehead atoms. The molecule has 0 aliphatic heterocycles. The van der Waals surface area contributed by atoms with E-state index >= 15 is 0 Å².